The van der Waals surface area contributed by atoms with E-state index in [4.69, 9.17) is 0 Å². The van der Waals surface area contributed by atoms with Crippen molar-refractivity contribution >= 4 is 21.6 Å². The van der Waals surface area contributed by atoms with Gasteiger partial charge in [0.1, 0.15) is 0 Å². The highest BCUT2D eigenvalue weighted by Gasteiger charge is 2.33. The van der Waals surface area contributed by atoms with Crippen LogP contribution in [-0.2, 0) is 19.8 Å². The van der Waals surface area contributed by atoms with Crippen LogP contribution in [0.25, 0.3) is 0 Å². The molecule has 2 rings (SSSR count). The number of hydrogen-bond acceptors (Lipinski definition) is 2. The number of nitrogens with one attached hydrogen (secondary N) is 1. The third-order valence-electron chi connectivity index (χ3n) is 2.53. The second kappa shape index (κ2) is 5.24. The van der Waals surface area contributed by atoms with E-state index in [0.717, 1.165) is 11.6 Å². The fourth-order valence-corrected chi connectivity index (χ4v) is 2.03. The van der Waals surface area contributed by atoms with Gasteiger partial charge in [0.25, 0.3) is 0 Å². The average Bonchev–Trinajstić information content (AvgIpc) is 2.71. The molecule has 0 radical (unpaired) electrons. The molecular weight excluding hydrogens is 323 g/mol. The van der Waals surface area contributed by atoms with Gasteiger partial charge in [0.15, 0.2) is 0 Å². The summed E-state index contributed by atoms with van der Waals surface area (Å²) < 4.78 is 40.7. The summed E-state index contributed by atoms with van der Waals surface area (Å²) in [6.07, 6.45) is -1.02. The summed E-state index contributed by atoms with van der Waals surface area (Å²) in [5.74, 6) is 0. The van der Waals surface area contributed by atoms with Crippen molar-refractivity contribution < 1.29 is 13.2 Å². The Morgan fingerprint density at radius 1 is 1.37 bits per heavy atom. The number of benzene rings is 1. The normalized spacial score (nSPS) is 11.6. The number of halogens is 4. The molecule has 3 nitrogen and oxygen atoms in total. The molecule has 7 heteroatoms. The Morgan fingerprint density at radius 2 is 2.11 bits per heavy atom. The number of aryl methyl sites for hydroxylation is 1. The van der Waals surface area contributed by atoms with Gasteiger partial charge < -0.3 is 5.32 Å². The smallest absolute Gasteiger partial charge is 0.380 e. The highest BCUT2D eigenvalue weighted by atomic mass is 79.9. The first-order valence-corrected chi connectivity index (χ1v) is 6.24. The number of alkyl halides is 3. The summed E-state index contributed by atoms with van der Waals surface area (Å²) in [7, 11) is 1.75. The van der Waals surface area contributed by atoms with Gasteiger partial charge >= 0.3 is 6.18 Å². The van der Waals surface area contributed by atoms with E-state index in [-0.39, 0.29) is 12.2 Å². The Morgan fingerprint density at radius 3 is 2.68 bits per heavy atom. The third-order valence-corrected chi connectivity index (χ3v) is 3.02. The van der Waals surface area contributed by atoms with E-state index in [1.165, 1.54) is 12.1 Å². The van der Waals surface area contributed by atoms with Crippen molar-refractivity contribution in [3.63, 3.8) is 0 Å². The second-order valence-electron chi connectivity index (χ2n) is 4.06. The van der Waals surface area contributed by atoms with Crippen molar-refractivity contribution in [2.24, 2.45) is 7.05 Å². The average molecular weight is 334 g/mol. The monoisotopic (exact) mass is 333 g/mol. The fourth-order valence-electron chi connectivity index (χ4n) is 1.67. The Labute approximate surface area is 116 Å². The van der Waals surface area contributed by atoms with Crippen LogP contribution >= 0.6 is 15.9 Å². The molecule has 1 N–H and O–H groups in total. The number of hydrogen-bond donors (Lipinski definition) is 1. The van der Waals surface area contributed by atoms with E-state index < -0.39 is 11.7 Å². The maximum absolute atomic E-state index is 12.8. The highest BCUT2D eigenvalue weighted by Crippen LogP contribution is 2.36. The van der Waals surface area contributed by atoms with Gasteiger partial charge in [-0.3, -0.25) is 4.68 Å². The number of rotatable bonds is 3. The molecule has 0 aliphatic heterocycles. The standard InChI is InChI=1S/C12H11BrF3N3/c1-19-7-8(6-18-19)5-17-11-4-9(13)2-3-10(11)12(14,15)16/h2-4,6-7,17H,5H2,1H3. The summed E-state index contributed by atoms with van der Waals surface area (Å²) >= 11 is 3.17. The van der Waals surface area contributed by atoms with Crippen molar-refractivity contribution in [1.82, 2.24) is 9.78 Å². The summed E-state index contributed by atoms with van der Waals surface area (Å²) in [5.41, 5.74) is 0.181. The van der Waals surface area contributed by atoms with E-state index in [1.54, 1.807) is 24.1 Å². The van der Waals surface area contributed by atoms with Crippen molar-refractivity contribution in [3.8, 4) is 0 Å². The van der Waals surface area contributed by atoms with Gasteiger partial charge in [-0.1, -0.05) is 15.9 Å². The van der Waals surface area contributed by atoms with E-state index in [1.807, 2.05) is 0 Å². The molecule has 0 aliphatic carbocycles. The van der Waals surface area contributed by atoms with Gasteiger partial charge in [-0.05, 0) is 18.2 Å². The Balaban J connectivity index is 2.21. The van der Waals surface area contributed by atoms with Crippen LogP contribution in [0.3, 0.4) is 0 Å². The van der Waals surface area contributed by atoms with Gasteiger partial charge in [-0.2, -0.15) is 18.3 Å². The van der Waals surface area contributed by atoms with Gasteiger partial charge in [-0.15, -0.1) is 0 Å². The Bertz CT molecular complexity index is 578. The van der Waals surface area contributed by atoms with Crippen molar-refractivity contribution in [3.05, 3.63) is 46.2 Å². The van der Waals surface area contributed by atoms with Crippen molar-refractivity contribution in [1.29, 1.82) is 0 Å². The highest BCUT2D eigenvalue weighted by molar-refractivity contribution is 9.10. The third kappa shape index (κ3) is 3.50. The molecule has 1 heterocycles. The van der Waals surface area contributed by atoms with Crippen LogP contribution in [-0.4, -0.2) is 9.78 Å². The van der Waals surface area contributed by atoms with Crippen LogP contribution in [0, 0.1) is 0 Å². The van der Waals surface area contributed by atoms with Crippen LogP contribution in [0.5, 0.6) is 0 Å². The minimum atomic E-state index is -4.38. The van der Waals surface area contributed by atoms with Crippen molar-refractivity contribution in [2.75, 3.05) is 5.32 Å². The van der Waals surface area contributed by atoms with Crippen LogP contribution < -0.4 is 5.32 Å². The predicted molar refractivity (Wildman–Crippen MR) is 69.7 cm³/mol. The van der Waals surface area contributed by atoms with Gasteiger partial charge in [0.2, 0.25) is 0 Å². The first-order chi connectivity index (χ1) is 8.86. The first kappa shape index (κ1) is 13.9. The van der Waals surface area contributed by atoms with Crippen molar-refractivity contribution in [2.45, 2.75) is 12.7 Å². The molecule has 2 aromatic rings. The van der Waals surface area contributed by atoms with Crippen LogP contribution in [0.1, 0.15) is 11.1 Å². The van der Waals surface area contributed by atoms with Crippen LogP contribution in [0.4, 0.5) is 18.9 Å². The lowest BCUT2D eigenvalue weighted by Crippen LogP contribution is -2.10. The molecule has 0 saturated carbocycles. The molecule has 0 spiro atoms. The largest absolute Gasteiger partial charge is 0.418 e. The summed E-state index contributed by atoms with van der Waals surface area (Å²) in [6.45, 7) is 0.285. The molecular formula is C12H11BrF3N3. The molecule has 0 aliphatic rings. The zero-order valence-corrected chi connectivity index (χ0v) is 11.6. The molecule has 1 aromatic carbocycles. The zero-order valence-electron chi connectivity index (χ0n) is 10.0. The SMILES string of the molecule is Cn1cc(CNc2cc(Br)ccc2C(F)(F)F)cn1. The van der Waals surface area contributed by atoms with E-state index in [9.17, 15) is 13.2 Å². The second-order valence-corrected chi connectivity index (χ2v) is 4.98. The van der Waals surface area contributed by atoms with Crippen LogP contribution in [0.2, 0.25) is 0 Å². The summed E-state index contributed by atoms with van der Waals surface area (Å²) in [5, 5.41) is 6.75. The number of anilines is 1. The molecule has 0 bridgehead atoms. The Kier molecular flexibility index (Phi) is 3.84. The fraction of sp³-hybridized carbons (Fsp3) is 0.250. The molecule has 0 unspecified atom stereocenters. The number of nitrogens with zero attached hydrogens (tertiary/aromatic N) is 2. The first-order valence-electron chi connectivity index (χ1n) is 5.44. The van der Waals surface area contributed by atoms with Crippen LogP contribution in [0.15, 0.2) is 35.1 Å². The molecule has 1 aromatic heterocycles. The summed E-state index contributed by atoms with van der Waals surface area (Å²) in [6, 6.07) is 3.84. The molecule has 0 fully saturated rings. The minimum Gasteiger partial charge on any atom is -0.380 e. The predicted octanol–water partition coefficient (Wildman–Crippen LogP) is 3.81. The molecule has 19 heavy (non-hydrogen) atoms. The van der Waals surface area contributed by atoms with E-state index in [2.05, 4.69) is 26.3 Å². The minimum absolute atomic E-state index is 0.0470. The number of aromatic nitrogens is 2. The lowest BCUT2D eigenvalue weighted by atomic mass is 10.1. The molecule has 0 atom stereocenters. The summed E-state index contributed by atoms with van der Waals surface area (Å²) in [4.78, 5) is 0. The van der Waals surface area contributed by atoms with Gasteiger partial charge in [-0.25, -0.2) is 0 Å². The van der Waals surface area contributed by atoms with Gasteiger partial charge in [0, 0.05) is 35.5 Å². The maximum Gasteiger partial charge on any atom is 0.418 e. The zero-order chi connectivity index (χ0) is 14.0. The lowest BCUT2D eigenvalue weighted by molar-refractivity contribution is -0.137. The Hall–Kier alpha value is -1.50. The maximum atomic E-state index is 12.8. The van der Waals surface area contributed by atoms with E-state index in [0.29, 0.717) is 4.47 Å². The molecule has 0 saturated heterocycles. The molecule has 102 valence electrons. The quantitative estimate of drug-likeness (QED) is 0.925. The molecule has 0 amide bonds. The van der Waals surface area contributed by atoms with E-state index >= 15 is 0 Å². The van der Waals surface area contributed by atoms with Gasteiger partial charge in [0.05, 0.1) is 11.8 Å². The lowest BCUT2D eigenvalue weighted by Gasteiger charge is -2.14. The topological polar surface area (TPSA) is 29.9 Å².